The summed E-state index contributed by atoms with van der Waals surface area (Å²) in [6.07, 6.45) is 2.09. The van der Waals surface area contributed by atoms with Gasteiger partial charge in [0.2, 0.25) is 0 Å². The van der Waals surface area contributed by atoms with Crippen LogP contribution < -0.4 is 10.6 Å². The quantitative estimate of drug-likeness (QED) is 0.639. The van der Waals surface area contributed by atoms with Crippen molar-refractivity contribution in [1.82, 2.24) is 10.6 Å². The van der Waals surface area contributed by atoms with Gasteiger partial charge in [-0.15, -0.1) is 0 Å². The number of aliphatic hydroxyl groups excluding tert-OH is 1. The van der Waals surface area contributed by atoms with E-state index in [2.05, 4.69) is 24.5 Å². The highest BCUT2D eigenvalue weighted by molar-refractivity contribution is 5.73. The molecule has 0 saturated carbocycles. The fraction of sp³-hybridized carbons (Fsp3) is 0.562. The Hall–Kier alpha value is -1.55. The molecule has 0 aliphatic rings. The minimum absolute atomic E-state index is 0.208. The SMILES string of the molecule is CC(C)CCCNC(=O)NCC(O)Cc1ccccc1. The molecule has 4 nitrogen and oxygen atoms in total. The number of amides is 2. The second-order valence-corrected chi connectivity index (χ2v) is 5.52. The highest BCUT2D eigenvalue weighted by Gasteiger charge is 2.07. The number of urea groups is 1. The van der Waals surface area contributed by atoms with Crippen LogP contribution in [0, 0.1) is 5.92 Å². The summed E-state index contributed by atoms with van der Waals surface area (Å²) in [7, 11) is 0. The first-order chi connectivity index (χ1) is 9.58. The zero-order valence-electron chi connectivity index (χ0n) is 12.4. The first kappa shape index (κ1) is 16.5. The van der Waals surface area contributed by atoms with Crippen LogP contribution >= 0.6 is 0 Å². The van der Waals surface area contributed by atoms with E-state index in [9.17, 15) is 9.90 Å². The zero-order valence-corrected chi connectivity index (χ0v) is 12.4. The lowest BCUT2D eigenvalue weighted by Gasteiger charge is -2.13. The maximum Gasteiger partial charge on any atom is 0.314 e. The van der Waals surface area contributed by atoms with Crippen molar-refractivity contribution in [2.24, 2.45) is 5.92 Å². The van der Waals surface area contributed by atoms with E-state index in [4.69, 9.17) is 0 Å². The van der Waals surface area contributed by atoms with Crippen molar-refractivity contribution in [3.8, 4) is 0 Å². The molecule has 3 N–H and O–H groups in total. The minimum atomic E-state index is -0.557. The molecule has 1 atom stereocenters. The van der Waals surface area contributed by atoms with E-state index in [1.807, 2.05) is 30.3 Å². The van der Waals surface area contributed by atoms with Gasteiger partial charge in [0, 0.05) is 19.5 Å². The lowest BCUT2D eigenvalue weighted by Crippen LogP contribution is -2.40. The molecule has 2 amide bonds. The van der Waals surface area contributed by atoms with E-state index in [1.165, 1.54) is 0 Å². The van der Waals surface area contributed by atoms with Crippen LogP contribution in [0.3, 0.4) is 0 Å². The molecule has 0 bridgehead atoms. The molecule has 4 heteroatoms. The highest BCUT2D eigenvalue weighted by Crippen LogP contribution is 2.03. The van der Waals surface area contributed by atoms with Gasteiger partial charge in [-0.1, -0.05) is 44.2 Å². The van der Waals surface area contributed by atoms with Gasteiger partial charge in [0.25, 0.3) is 0 Å². The van der Waals surface area contributed by atoms with Crippen LogP contribution in [0.4, 0.5) is 4.79 Å². The summed E-state index contributed by atoms with van der Waals surface area (Å²) in [5, 5.41) is 15.3. The van der Waals surface area contributed by atoms with E-state index in [1.54, 1.807) is 0 Å². The topological polar surface area (TPSA) is 61.4 Å². The molecule has 1 aromatic carbocycles. The third-order valence-corrected chi connectivity index (χ3v) is 3.06. The largest absolute Gasteiger partial charge is 0.391 e. The third kappa shape index (κ3) is 7.79. The Kier molecular flexibility index (Phi) is 7.73. The van der Waals surface area contributed by atoms with Crippen LogP contribution in [0.2, 0.25) is 0 Å². The molecular weight excluding hydrogens is 252 g/mol. The van der Waals surface area contributed by atoms with Crippen LogP contribution in [-0.4, -0.2) is 30.3 Å². The molecule has 0 aromatic heterocycles. The smallest absolute Gasteiger partial charge is 0.314 e. The van der Waals surface area contributed by atoms with Crippen LogP contribution in [0.5, 0.6) is 0 Å². The van der Waals surface area contributed by atoms with Gasteiger partial charge in [-0.3, -0.25) is 0 Å². The maximum atomic E-state index is 11.5. The van der Waals surface area contributed by atoms with Gasteiger partial charge in [0.15, 0.2) is 0 Å². The predicted octanol–water partition coefficient (Wildman–Crippen LogP) is 2.33. The summed E-state index contributed by atoms with van der Waals surface area (Å²) in [4.78, 5) is 11.5. The average molecular weight is 278 g/mol. The van der Waals surface area contributed by atoms with E-state index < -0.39 is 6.10 Å². The Morgan fingerprint density at radius 2 is 1.90 bits per heavy atom. The molecule has 1 rings (SSSR count). The third-order valence-electron chi connectivity index (χ3n) is 3.06. The average Bonchev–Trinajstić information content (AvgIpc) is 2.42. The Morgan fingerprint density at radius 1 is 1.20 bits per heavy atom. The minimum Gasteiger partial charge on any atom is -0.391 e. The van der Waals surface area contributed by atoms with Gasteiger partial charge in [-0.05, 0) is 24.3 Å². The number of carbonyl (C=O) groups excluding carboxylic acids is 1. The molecule has 0 radical (unpaired) electrons. The monoisotopic (exact) mass is 278 g/mol. The van der Waals surface area contributed by atoms with Gasteiger partial charge in [-0.2, -0.15) is 0 Å². The normalized spacial score (nSPS) is 12.2. The van der Waals surface area contributed by atoms with E-state index >= 15 is 0 Å². The van der Waals surface area contributed by atoms with Gasteiger partial charge >= 0.3 is 6.03 Å². The number of aliphatic hydroxyl groups is 1. The zero-order chi connectivity index (χ0) is 14.8. The van der Waals surface area contributed by atoms with Gasteiger partial charge < -0.3 is 15.7 Å². The number of rotatable bonds is 8. The summed E-state index contributed by atoms with van der Waals surface area (Å²) >= 11 is 0. The fourth-order valence-corrected chi connectivity index (χ4v) is 1.94. The van der Waals surface area contributed by atoms with E-state index in [0.717, 1.165) is 18.4 Å². The fourth-order valence-electron chi connectivity index (χ4n) is 1.94. The number of benzene rings is 1. The van der Waals surface area contributed by atoms with Gasteiger partial charge in [0.05, 0.1) is 6.10 Å². The Balaban J connectivity index is 2.11. The van der Waals surface area contributed by atoms with Crippen LogP contribution in [-0.2, 0) is 6.42 Å². The molecule has 0 aliphatic heterocycles. The standard InChI is InChI=1S/C16H26N2O2/c1-13(2)7-6-10-17-16(20)18-12-15(19)11-14-8-4-3-5-9-14/h3-5,8-9,13,15,19H,6-7,10-12H2,1-2H3,(H2,17,18,20). The second kappa shape index (κ2) is 9.37. The molecule has 1 unspecified atom stereocenters. The molecule has 0 saturated heterocycles. The predicted molar refractivity (Wildman–Crippen MR) is 81.6 cm³/mol. The van der Waals surface area contributed by atoms with Gasteiger partial charge in [0.1, 0.15) is 0 Å². The molecular formula is C16H26N2O2. The first-order valence-corrected chi connectivity index (χ1v) is 7.31. The lowest BCUT2D eigenvalue weighted by atomic mass is 10.1. The van der Waals surface area contributed by atoms with Crippen molar-refractivity contribution in [3.63, 3.8) is 0 Å². The van der Waals surface area contributed by atoms with E-state index in [-0.39, 0.29) is 12.6 Å². The van der Waals surface area contributed by atoms with Crippen molar-refractivity contribution in [1.29, 1.82) is 0 Å². The molecule has 0 spiro atoms. The summed E-state index contributed by atoms with van der Waals surface area (Å²) in [5.74, 6) is 0.660. The summed E-state index contributed by atoms with van der Waals surface area (Å²) in [5.41, 5.74) is 1.07. The van der Waals surface area contributed by atoms with Gasteiger partial charge in [-0.25, -0.2) is 4.79 Å². The number of hydrogen-bond acceptors (Lipinski definition) is 2. The van der Waals surface area contributed by atoms with Crippen molar-refractivity contribution in [3.05, 3.63) is 35.9 Å². The first-order valence-electron chi connectivity index (χ1n) is 7.31. The van der Waals surface area contributed by atoms with Crippen molar-refractivity contribution >= 4 is 6.03 Å². The van der Waals surface area contributed by atoms with E-state index in [0.29, 0.717) is 18.9 Å². The Labute approximate surface area is 121 Å². The maximum absolute atomic E-state index is 11.5. The summed E-state index contributed by atoms with van der Waals surface area (Å²) in [6.45, 7) is 5.28. The Morgan fingerprint density at radius 3 is 2.55 bits per heavy atom. The highest BCUT2D eigenvalue weighted by atomic mass is 16.3. The van der Waals surface area contributed by atoms with Crippen molar-refractivity contribution < 1.29 is 9.90 Å². The molecule has 112 valence electrons. The number of carbonyl (C=O) groups is 1. The summed E-state index contributed by atoms with van der Waals surface area (Å²) < 4.78 is 0. The lowest BCUT2D eigenvalue weighted by molar-refractivity contribution is 0.170. The van der Waals surface area contributed by atoms with Crippen molar-refractivity contribution in [2.45, 2.75) is 39.2 Å². The second-order valence-electron chi connectivity index (χ2n) is 5.52. The number of nitrogens with one attached hydrogen (secondary N) is 2. The molecule has 0 heterocycles. The van der Waals surface area contributed by atoms with Crippen molar-refractivity contribution in [2.75, 3.05) is 13.1 Å². The molecule has 20 heavy (non-hydrogen) atoms. The Bertz CT molecular complexity index is 379. The molecule has 0 aliphatic carbocycles. The van der Waals surface area contributed by atoms with Crippen LogP contribution in [0.1, 0.15) is 32.3 Å². The van der Waals surface area contributed by atoms with Crippen LogP contribution in [0.15, 0.2) is 30.3 Å². The summed E-state index contributed by atoms with van der Waals surface area (Å²) in [6, 6.07) is 9.55. The van der Waals surface area contributed by atoms with Crippen LogP contribution in [0.25, 0.3) is 0 Å². The number of hydrogen-bond donors (Lipinski definition) is 3. The molecule has 0 fully saturated rings. The molecule has 1 aromatic rings.